The highest BCUT2D eigenvalue weighted by atomic mass is 35.5. The average molecular weight is 607 g/mol. The maximum atomic E-state index is 13.0. The molecule has 4 atom stereocenters. The fraction of sp³-hybridized carbons (Fsp3) is 0.618. The highest BCUT2D eigenvalue weighted by Gasteiger charge is 2.29. The number of aliphatic hydroxyl groups is 1. The number of carbonyl (C=O) groups is 1. The van der Waals surface area contributed by atoms with Gasteiger partial charge in [0.1, 0.15) is 0 Å². The van der Waals surface area contributed by atoms with Gasteiger partial charge in [0, 0.05) is 38.6 Å². The molecule has 0 unspecified atom stereocenters. The molecule has 0 fully saturated rings. The van der Waals surface area contributed by atoms with Crippen LogP contribution in [0.1, 0.15) is 64.5 Å². The van der Waals surface area contributed by atoms with Crippen molar-refractivity contribution in [2.75, 3.05) is 34.0 Å². The first-order valence-corrected chi connectivity index (χ1v) is 15.2. The molecule has 0 radical (unpaired) electrons. The Kier molecular flexibility index (Phi) is 18.5. The Morgan fingerprint density at radius 1 is 0.905 bits per heavy atom. The van der Waals surface area contributed by atoms with Gasteiger partial charge in [0.15, 0.2) is 11.5 Å². The molecule has 0 spiro atoms. The van der Waals surface area contributed by atoms with Gasteiger partial charge in [-0.2, -0.15) is 0 Å². The molecule has 238 valence electrons. The fourth-order valence-corrected chi connectivity index (χ4v) is 5.14. The second-order valence-electron chi connectivity index (χ2n) is 11.8. The van der Waals surface area contributed by atoms with Crippen LogP contribution in [0.4, 0.5) is 0 Å². The van der Waals surface area contributed by atoms with E-state index >= 15 is 0 Å². The molecular weight excluding hydrogens is 552 g/mol. The summed E-state index contributed by atoms with van der Waals surface area (Å²) in [6.45, 7) is 10.3. The summed E-state index contributed by atoms with van der Waals surface area (Å²) in [7, 11) is 3.32. The molecule has 0 heterocycles. The summed E-state index contributed by atoms with van der Waals surface area (Å²) in [5.41, 5.74) is 8.98. The third kappa shape index (κ3) is 13.3. The molecule has 1 amide bonds. The van der Waals surface area contributed by atoms with Gasteiger partial charge in [-0.25, -0.2) is 0 Å². The van der Waals surface area contributed by atoms with Crippen LogP contribution in [-0.2, 0) is 22.4 Å². The van der Waals surface area contributed by atoms with E-state index in [1.807, 2.05) is 44.2 Å². The molecule has 2 rings (SSSR count). The number of ether oxygens (including phenoxy) is 3. The molecule has 2 aromatic rings. The van der Waals surface area contributed by atoms with E-state index in [2.05, 4.69) is 37.4 Å². The van der Waals surface area contributed by atoms with Crippen LogP contribution in [0.3, 0.4) is 0 Å². The minimum absolute atomic E-state index is 0. The molecule has 7 nitrogen and oxygen atoms in total. The summed E-state index contributed by atoms with van der Waals surface area (Å²) in [5, 5.41) is 14.2. The molecule has 4 N–H and O–H groups in total. The minimum Gasteiger partial charge on any atom is -0.493 e. The second kappa shape index (κ2) is 20.6. The van der Waals surface area contributed by atoms with Crippen molar-refractivity contribution in [3.8, 4) is 11.5 Å². The van der Waals surface area contributed by atoms with Crippen LogP contribution in [0.2, 0.25) is 0 Å². The van der Waals surface area contributed by atoms with E-state index in [-0.39, 0.29) is 36.1 Å². The van der Waals surface area contributed by atoms with Gasteiger partial charge in [0.05, 0.1) is 19.8 Å². The lowest BCUT2D eigenvalue weighted by Crippen LogP contribution is -2.43. The van der Waals surface area contributed by atoms with Gasteiger partial charge in [0.2, 0.25) is 5.91 Å². The van der Waals surface area contributed by atoms with Crippen LogP contribution < -0.4 is 20.5 Å². The maximum absolute atomic E-state index is 13.0. The number of nitrogens with two attached hydrogens (primary N) is 1. The molecule has 8 heteroatoms. The van der Waals surface area contributed by atoms with E-state index in [1.54, 1.807) is 14.2 Å². The number of nitrogens with one attached hydrogen (secondary N) is 1. The summed E-state index contributed by atoms with van der Waals surface area (Å²) in [6, 6.07) is 15.9. The van der Waals surface area contributed by atoms with E-state index < -0.39 is 12.1 Å². The van der Waals surface area contributed by atoms with Crippen LogP contribution >= 0.6 is 12.4 Å². The van der Waals surface area contributed by atoms with Crippen molar-refractivity contribution >= 4 is 18.3 Å². The highest BCUT2D eigenvalue weighted by Crippen LogP contribution is 2.31. The Morgan fingerprint density at radius 2 is 1.62 bits per heavy atom. The molecule has 0 saturated carbocycles. The van der Waals surface area contributed by atoms with Crippen LogP contribution in [0.25, 0.3) is 0 Å². The number of hydrogen-bond acceptors (Lipinski definition) is 6. The number of aliphatic hydroxyl groups excluding tert-OH is 1. The first kappa shape index (κ1) is 37.7. The lowest BCUT2D eigenvalue weighted by atomic mass is 9.81. The fourth-order valence-electron chi connectivity index (χ4n) is 5.14. The Bertz CT molecular complexity index is 1000. The van der Waals surface area contributed by atoms with Crippen molar-refractivity contribution in [3.63, 3.8) is 0 Å². The molecule has 0 aliphatic rings. The first-order valence-electron chi connectivity index (χ1n) is 15.2. The van der Waals surface area contributed by atoms with Gasteiger partial charge in [0.25, 0.3) is 0 Å². The third-order valence-electron chi connectivity index (χ3n) is 7.91. The SMILES string of the molecule is COCCCOc1cc(C[C@@H](C[C@H](N)[C@@H](O)C[C@H](C(=O)NCCCc2ccccc2)C(C)C)C(C)C)ccc1OC.Cl. The largest absolute Gasteiger partial charge is 0.493 e. The molecule has 42 heavy (non-hydrogen) atoms. The lowest BCUT2D eigenvalue weighted by Gasteiger charge is -2.30. The molecule has 0 saturated heterocycles. The Labute approximate surface area is 260 Å². The number of methoxy groups -OCH3 is 2. The normalized spacial score (nSPS) is 14.1. The van der Waals surface area contributed by atoms with Crippen LogP contribution in [0.15, 0.2) is 48.5 Å². The quantitative estimate of drug-likeness (QED) is 0.164. The summed E-state index contributed by atoms with van der Waals surface area (Å²) in [6.07, 6.45) is 3.68. The number of benzene rings is 2. The molecular formula is C34H55ClN2O5. The lowest BCUT2D eigenvalue weighted by molar-refractivity contribution is -0.127. The van der Waals surface area contributed by atoms with Crippen LogP contribution in [0, 0.1) is 23.7 Å². The highest BCUT2D eigenvalue weighted by molar-refractivity contribution is 5.85. The van der Waals surface area contributed by atoms with Crippen molar-refractivity contribution in [2.24, 2.45) is 29.4 Å². The minimum atomic E-state index is -0.755. The van der Waals surface area contributed by atoms with Gasteiger partial charge >= 0.3 is 0 Å². The Hall–Kier alpha value is -2.32. The first-order chi connectivity index (χ1) is 19.7. The van der Waals surface area contributed by atoms with Gasteiger partial charge < -0.3 is 30.4 Å². The second-order valence-corrected chi connectivity index (χ2v) is 11.8. The van der Waals surface area contributed by atoms with Gasteiger partial charge in [-0.15, -0.1) is 12.4 Å². The summed E-state index contributed by atoms with van der Waals surface area (Å²) in [4.78, 5) is 13.0. The number of rotatable bonds is 20. The molecule has 2 aromatic carbocycles. The zero-order chi connectivity index (χ0) is 30.2. The van der Waals surface area contributed by atoms with Crippen LogP contribution in [-0.4, -0.2) is 57.1 Å². The van der Waals surface area contributed by atoms with Crippen molar-refractivity contribution in [1.82, 2.24) is 5.32 Å². The van der Waals surface area contributed by atoms with E-state index in [0.29, 0.717) is 44.3 Å². The van der Waals surface area contributed by atoms with Crippen molar-refractivity contribution in [1.29, 1.82) is 0 Å². The number of aryl methyl sites for hydroxylation is 1. The van der Waals surface area contributed by atoms with Crippen molar-refractivity contribution < 1.29 is 24.1 Å². The van der Waals surface area contributed by atoms with E-state index in [9.17, 15) is 9.90 Å². The predicted molar refractivity (Wildman–Crippen MR) is 174 cm³/mol. The van der Waals surface area contributed by atoms with Gasteiger partial charge in [-0.1, -0.05) is 64.1 Å². The van der Waals surface area contributed by atoms with Crippen molar-refractivity contribution in [3.05, 3.63) is 59.7 Å². The van der Waals surface area contributed by atoms with E-state index in [1.165, 1.54) is 5.56 Å². The predicted octanol–water partition coefficient (Wildman–Crippen LogP) is 5.84. The van der Waals surface area contributed by atoms with Crippen LogP contribution in [0.5, 0.6) is 11.5 Å². The maximum Gasteiger partial charge on any atom is 0.223 e. The number of amides is 1. The zero-order valence-electron chi connectivity index (χ0n) is 26.5. The Balaban J connectivity index is 0.00000882. The third-order valence-corrected chi connectivity index (χ3v) is 7.91. The van der Waals surface area contributed by atoms with Gasteiger partial charge in [-0.05, 0) is 73.1 Å². The monoisotopic (exact) mass is 606 g/mol. The summed E-state index contributed by atoms with van der Waals surface area (Å²) >= 11 is 0. The molecule has 0 aliphatic heterocycles. The number of hydrogen-bond donors (Lipinski definition) is 3. The van der Waals surface area contributed by atoms with Crippen molar-refractivity contribution in [2.45, 2.75) is 78.4 Å². The molecule has 0 aromatic heterocycles. The number of halogens is 1. The van der Waals surface area contributed by atoms with E-state index in [0.717, 1.165) is 37.0 Å². The average Bonchev–Trinajstić information content (AvgIpc) is 2.96. The van der Waals surface area contributed by atoms with Gasteiger partial charge in [-0.3, -0.25) is 4.79 Å². The molecule has 0 bridgehead atoms. The van der Waals surface area contributed by atoms with E-state index in [4.69, 9.17) is 19.9 Å². The topological polar surface area (TPSA) is 103 Å². The standard InChI is InChI=1S/C34H54N2O5.ClH/c1-24(2)28(20-27-15-16-32(40-6)33(21-27)41-19-11-18-39-5)22-30(35)31(37)23-29(25(3)4)34(38)36-17-10-14-26-12-8-7-9-13-26;/h7-9,12-13,15-16,21,24-25,28-31,37H,10-11,14,17-20,22-23,35H2,1-6H3,(H,36,38);1H/t28-,29-,30-,31-;/m0./s1. The number of carbonyl (C=O) groups excluding carboxylic acids is 1. The summed E-state index contributed by atoms with van der Waals surface area (Å²) < 4.78 is 16.6. The molecule has 0 aliphatic carbocycles. The smallest absolute Gasteiger partial charge is 0.223 e. The zero-order valence-corrected chi connectivity index (χ0v) is 27.3. The summed E-state index contributed by atoms with van der Waals surface area (Å²) in [5.74, 6) is 1.88. The Morgan fingerprint density at radius 3 is 2.24 bits per heavy atom.